The van der Waals surface area contributed by atoms with E-state index in [4.69, 9.17) is 0 Å². The maximum absolute atomic E-state index is 10.5. The van der Waals surface area contributed by atoms with Crippen molar-refractivity contribution in [1.29, 1.82) is 0 Å². The fourth-order valence-corrected chi connectivity index (χ4v) is 1.19. The Morgan fingerprint density at radius 1 is 1.36 bits per heavy atom. The topological polar surface area (TPSA) is 35.6 Å². The highest BCUT2D eigenvalue weighted by Gasteiger charge is 2.13. The van der Waals surface area contributed by atoms with E-state index in [1.807, 2.05) is 5.01 Å². The van der Waals surface area contributed by atoms with E-state index >= 15 is 0 Å². The van der Waals surface area contributed by atoms with Gasteiger partial charge < -0.3 is 4.90 Å². The number of nitrogens with one attached hydrogen (secondary N) is 1. The van der Waals surface area contributed by atoms with E-state index in [-0.39, 0.29) is 5.24 Å². The van der Waals surface area contributed by atoms with E-state index in [1.54, 1.807) is 0 Å². The molecule has 5 heteroatoms. The van der Waals surface area contributed by atoms with E-state index in [9.17, 15) is 4.79 Å². The Morgan fingerprint density at radius 3 is 2.36 bits per heavy atom. The van der Waals surface area contributed by atoms with Crippen molar-refractivity contribution in [2.24, 2.45) is 0 Å². The highest BCUT2D eigenvalue weighted by atomic mass is 32.1. The molecule has 1 aliphatic rings. The number of nitrogens with zero attached hydrogens (tertiary/aromatic N) is 2. The Kier molecular flexibility index (Phi) is 3.16. The lowest BCUT2D eigenvalue weighted by molar-refractivity contribution is 0.119. The van der Waals surface area contributed by atoms with Gasteiger partial charge in [0.25, 0.3) is 5.24 Å². The van der Waals surface area contributed by atoms with Gasteiger partial charge in [0.2, 0.25) is 0 Å². The molecule has 0 atom stereocenters. The Balaban J connectivity index is 2.22. The van der Waals surface area contributed by atoms with E-state index in [2.05, 4.69) is 30.0 Å². The number of thiol groups is 1. The normalized spacial score (nSPS) is 21.6. The molecule has 1 aliphatic heterocycles. The van der Waals surface area contributed by atoms with Gasteiger partial charge in [-0.3, -0.25) is 10.2 Å². The van der Waals surface area contributed by atoms with Crippen LogP contribution in [-0.2, 0) is 0 Å². The minimum atomic E-state index is -0.283. The Labute approximate surface area is 71.9 Å². The molecule has 0 spiro atoms. The lowest BCUT2D eigenvalue weighted by Crippen LogP contribution is -2.51. The molecule has 64 valence electrons. The first-order valence-corrected chi connectivity index (χ1v) is 4.06. The van der Waals surface area contributed by atoms with Gasteiger partial charge in [-0.1, -0.05) is 12.6 Å². The third-order valence-corrected chi connectivity index (χ3v) is 1.86. The van der Waals surface area contributed by atoms with Gasteiger partial charge in [0.05, 0.1) is 0 Å². The second-order valence-corrected chi connectivity index (χ2v) is 3.11. The molecular weight excluding hydrogens is 162 g/mol. The second-order valence-electron chi connectivity index (χ2n) is 2.71. The van der Waals surface area contributed by atoms with Gasteiger partial charge in [0.1, 0.15) is 0 Å². The van der Waals surface area contributed by atoms with Crippen molar-refractivity contribution in [3.8, 4) is 0 Å². The molecule has 1 heterocycles. The SMILES string of the molecule is CN1CCN(NC(=O)S)CC1. The summed E-state index contributed by atoms with van der Waals surface area (Å²) < 4.78 is 0. The minimum absolute atomic E-state index is 0.283. The molecule has 1 fully saturated rings. The summed E-state index contributed by atoms with van der Waals surface area (Å²) in [5.74, 6) is 0. The minimum Gasteiger partial charge on any atom is -0.304 e. The summed E-state index contributed by atoms with van der Waals surface area (Å²) in [5.41, 5.74) is 2.63. The number of hydrogen-bond donors (Lipinski definition) is 2. The highest BCUT2D eigenvalue weighted by molar-refractivity contribution is 7.96. The van der Waals surface area contributed by atoms with Gasteiger partial charge in [-0.2, -0.15) is 0 Å². The summed E-state index contributed by atoms with van der Waals surface area (Å²) >= 11 is 3.63. The molecule has 0 aromatic rings. The highest BCUT2D eigenvalue weighted by Crippen LogP contribution is 1.95. The van der Waals surface area contributed by atoms with Crippen LogP contribution in [-0.4, -0.2) is 48.4 Å². The van der Waals surface area contributed by atoms with Crippen molar-refractivity contribution in [1.82, 2.24) is 15.3 Å². The summed E-state index contributed by atoms with van der Waals surface area (Å²) in [6.45, 7) is 3.74. The van der Waals surface area contributed by atoms with Crippen LogP contribution in [0, 0.1) is 0 Å². The van der Waals surface area contributed by atoms with Gasteiger partial charge in [0, 0.05) is 26.2 Å². The van der Waals surface area contributed by atoms with Crippen molar-refractivity contribution < 1.29 is 4.79 Å². The van der Waals surface area contributed by atoms with Gasteiger partial charge >= 0.3 is 0 Å². The number of likely N-dealkylation sites (N-methyl/N-ethyl adjacent to an activating group) is 1. The zero-order chi connectivity index (χ0) is 8.27. The van der Waals surface area contributed by atoms with E-state index in [1.165, 1.54) is 0 Å². The van der Waals surface area contributed by atoms with E-state index < -0.39 is 0 Å². The van der Waals surface area contributed by atoms with Crippen LogP contribution in [0.2, 0.25) is 0 Å². The van der Waals surface area contributed by atoms with Crippen LogP contribution in [0.15, 0.2) is 0 Å². The van der Waals surface area contributed by atoms with Crippen molar-refractivity contribution in [2.45, 2.75) is 0 Å². The number of piperazine rings is 1. The molecule has 11 heavy (non-hydrogen) atoms. The average Bonchev–Trinajstić information content (AvgIpc) is 1.93. The van der Waals surface area contributed by atoms with Crippen LogP contribution >= 0.6 is 12.6 Å². The molecule has 0 bridgehead atoms. The number of amides is 1. The first-order chi connectivity index (χ1) is 5.18. The molecule has 1 N–H and O–H groups in total. The van der Waals surface area contributed by atoms with Gasteiger partial charge in [-0.25, -0.2) is 5.01 Å². The molecule has 1 amide bonds. The third kappa shape index (κ3) is 3.09. The van der Waals surface area contributed by atoms with Crippen molar-refractivity contribution in [3.63, 3.8) is 0 Å². The fraction of sp³-hybridized carbons (Fsp3) is 0.833. The number of rotatable bonds is 1. The lowest BCUT2D eigenvalue weighted by atomic mass is 10.4. The standard InChI is InChI=1S/C6H13N3OS/c1-8-2-4-9(5-3-8)7-6(10)11/h2-5H2,1H3,(H2,7,10,11). The molecule has 0 aliphatic carbocycles. The quantitative estimate of drug-likeness (QED) is 0.541. The summed E-state index contributed by atoms with van der Waals surface area (Å²) in [7, 11) is 2.07. The Hall–Kier alpha value is -0.260. The number of carbonyl (C=O) groups excluding carboxylic acids is 1. The summed E-state index contributed by atoms with van der Waals surface area (Å²) in [5, 5.41) is 1.60. The summed E-state index contributed by atoms with van der Waals surface area (Å²) in [6, 6.07) is 0. The van der Waals surface area contributed by atoms with Gasteiger partial charge in [-0.05, 0) is 7.05 Å². The maximum Gasteiger partial charge on any atom is 0.290 e. The van der Waals surface area contributed by atoms with Crippen LogP contribution < -0.4 is 5.43 Å². The van der Waals surface area contributed by atoms with E-state index in [0.717, 1.165) is 26.2 Å². The fourth-order valence-electron chi connectivity index (χ4n) is 1.05. The Bertz CT molecular complexity index is 145. The number of hydrogen-bond acceptors (Lipinski definition) is 3. The monoisotopic (exact) mass is 175 g/mol. The summed E-state index contributed by atoms with van der Waals surface area (Å²) in [6.07, 6.45) is 0. The van der Waals surface area contributed by atoms with Gasteiger partial charge in [0.15, 0.2) is 0 Å². The lowest BCUT2D eigenvalue weighted by Gasteiger charge is -2.31. The van der Waals surface area contributed by atoms with E-state index in [0.29, 0.717) is 0 Å². The van der Waals surface area contributed by atoms with Crippen LogP contribution in [0.25, 0.3) is 0 Å². The third-order valence-electron chi connectivity index (χ3n) is 1.76. The van der Waals surface area contributed by atoms with Crippen LogP contribution in [0.5, 0.6) is 0 Å². The van der Waals surface area contributed by atoms with Gasteiger partial charge in [-0.15, -0.1) is 0 Å². The van der Waals surface area contributed by atoms with Crippen LogP contribution in [0.1, 0.15) is 0 Å². The van der Waals surface area contributed by atoms with Crippen molar-refractivity contribution >= 4 is 17.9 Å². The molecule has 0 saturated carbocycles. The number of hydrazine groups is 1. The molecule has 1 rings (SSSR count). The predicted octanol–water partition coefficient (Wildman–Crippen LogP) is -0.212. The molecule has 0 unspecified atom stereocenters. The zero-order valence-corrected chi connectivity index (χ0v) is 7.47. The molecule has 0 radical (unpaired) electrons. The van der Waals surface area contributed by atoms with Crippen molar-refractivity contribution in [3.05, 3.63) is 0 Å². The van der Waals surface area contributed by atoms with Crippen LogP contribution in [0.4, 0.5) is 4.79 Å². The molecular formula is C6H13N3OS. The molecule has 0 aromatic carbocycles. The average molecular weight is 175 g/mol. The second kappa shape index (κ2) is 3.94. The zero-order valence-electron chi connectivity index (χ0n) is 6.58. The smallest absolute Gasteiger partial charge is 0.290 e. The molecule has 1 saturated heterocycles. The van der Waals surface area contributed by atoms with Crippen molar-refractivity contribution in [2.75, 3.05) is 33.2 Å². The Morgan fingerprint density at radius 2 is 1.91 bits per heavy atom. The first-order valence-electron chi connectivity index (χ1n) is 3.61. The number of carbonyl (C=O) groups is 1. The maximum atomic E-state index is 10.5. The molecule has 0 aromatic heterocycles. The predicted molar refractivity (Wildman–Crippen MR) is 46.6 cm³/mol. The summed E-state index contributed by atoms with van der Waals surface area (Å²) in [4.78, 5) is 12.7. The largest absolute Gasteiger partial charge is 0.304 e. The first kappa shape index (κ1) is 8.83. The van der Waals surface area contributed by atoms with Crippen LogP contribution in [0.3, 0.4) is 0 Å². The molecule has 4 nitrogen and oxygen atoms in total.